The molecule has 25 heavy (non-hydrogen) atoms. The van der Waals surface area contributed by atoms with Crippen LogP contribution in [0.15, 0.2) is 23.4 Å². The molecule has 0 spiro atoms. The first-order valence-electron chi connectivity index (χ1n) is 8.17. The van der Waals surface area contributed by atoms with Crippen molar-refractivity contribution in [3.8, 4) is 0 Å². The van der Waals surface area contributed by atoms with E-state index in [0.29, 0.717) is 56.1 Å². The zero-order valence-electron chi connectivity index (χ0n) is 14.2. The Kier molecular flexibility index (Phi) is 8.03. The highest BCUT2D eigenvalue weighted by Crippen LogP contribution is 2.29. The van der Waals surface area contributed by atoms with Crippen LogP contribution in [0.4, 0.5) is 0 Å². The molecule has 2 heterocycles. The summed E-state index contributed by atoms with van der Waals surface area (Å²) in [5, 5.41) is 2.44. The van der Waals surface area contributed by atoms with E-state index in [2.05, 4.69) is 10.3 Å². The Labute approximate surface area is 150 Å². The SMILES string of the molecule is COCCOCCCC(=O)c1cccnc1SC1CCC(=O)NC1=O. The summed E-state index contributed by atoms with van der Waals surface area (Å²) in [6, 6.07) is 3.42. The van der Waals surface area contributed by atoms with Gasteiger partial charge in [-0.25, -0.2) is 4.98 Å². The van der Waals surface area contributed by atoms with Crippen LogP contribution in [0.3, 0.4) is 0 Å². The summed E-state index contributed by atoms with van der Waals surface area (Å²) in [6.07, 6.45) is 3.31. The number of hydrogen-bond donors (Lipinski definition) is 1. The first-order valence-corrected chi connectivity index (χ1v) is 9.05. The van der Waals surface area contributed by atoms with Gasteiger partial charge in [-0.1, -0.05) is 11.8 Å². The number of methoxy groups -OCH3 is 1. The van der Waals surface area contributed by atoms with Gasteiger partial charge in [0.15, 0.2) is 5.78 Å². The number of thioether (sulfide) groups is 1. The second-order valence-electron chi connectivity index (χ2n) is 5.55. The predicted molar refractivity (Wildman–Crippen MR) is 92.5 cm³/mol. The third-order valence-electron chi connectivity index (χ3n) is 3.64. The number of Topliss-reactive ketones (excluding diaryl/α,β-unsaturated/α-hetero) is 1. The number of carbonyl (C=O) groups excluding carboxylic acids is 3. The number of amides is 2. The van der Waals surface area contributed by atoms with E-state index in [1.807, 2.05) is 0 Å². The normalized spacial score (nSPS) is 17.4. The first kappa shape index (κ1) is 19.6. The minimum Gasteiger partial charge on any atom is -0.382 e. The number of ketones is 1. The van der Waals surface area contributed by atoms with Crippen molar-refractivity contribution in [3.05, 3.63) is 23.9 Å². The van der Waals surface area contributed by atoms with Crippen molar-refractivity contribution in [2.45, 2.75) is 36.0 Å². The van der Waals surface area contributed by atoms with Crippen LogP contribution in [0.25, 0.3) is 0 Å². The van der Waals surface area contributed by atoms with Gasteiger partial charge in [0.25, 0.3) is 0 Å². The first-order chi connectivity index (χ1) is 12.1. The molecule has 1 atom stereocenters. The van der Waals surface area contributed by atoms with E-state index in [-0.39, 0.29) is 17.6 Å². The average Bonchev–Trinajstić information content (AvgIpc) is 2.60. The van der Waals surface area contributed by atoms with E-state index < -0.39 is 5.25 Å². The summed E-state index contributed by atoms with van der Waals surface area (Å²) >= 11 is 1.24. The Morgan fingerprint density at radius 2 is 2.20 bits per heavy atom. The summed E-state index contributed by atoms with van der Waals surface area (Å²) in [5.74, 6) is -0.609. The van der Waals surface area contributed by atoms with E-state index in [1.54, 1.807) is 25.4 Å². The lowest BCUT2D eigenvalue weighted by atomic mass is 10.1. The largest absolute Gasteiger partial charge is 0.382 e. The lowest BCUT2D eigenvalue weighted by molar-refractivity contribution is -0.132. The van der Waals surface area contributed by atoms with Gasteiger partial charge in [-0.05, 0) is 25.0 Å². The molecular formula is C17H22N2O5S. The maximum absolute atomic E-state index is 12.4. The van der Waals surface area contributed by atoms with Gasteiger partial charge in [-0.15, -0.1) is 0 Å². The Bertz CT molecular complexity index is 623. The molecule has 136 valence electrons. The zero-order valence-corrected chi connectivity index (χ0v) is 15.0. The minimum absolute atomic E-state index is 0.0294. The van der Waals surface area contributed by atoms with Crippen LogP contribution in [-0.2, 0) is 19.1 Å². The van der Waals surface area contributed by atoms with Gasteiger partial charge < -0.3 is 9.47 Å². The molecule has 8 heteroatoms. The number of nitrogens with zero attached hydrogens (tertiary/aromatic N) is 1. The average molecular weight is 366 g/mol. The van der Waals surface area contributed by atoms with Gasteiger partial charge in [0.05, 0.1) is 18.5 Å². The fourth-order valence-corrected chi connectivity index (χ4v) is 3.43. The molecule has 0 radical (unpaired) electrons. The maximum Gasteiger partial charge on any atom is 0.240 e. The van der Waals surface area contributed by atoms with Crippen molar-refractivity contribution in [1.82, 2.24) is 10.3 Å². The molecule has 0 bridgehead atoms. The Balaban J connectivity index is 1.90. The Morgan fingerprint density at radius 3 is 2.96 bits per heavy atom. The van der Waals surface area contributed by atoms with Crippen LogP contribution < -0.4 is 5.32 Å². The summed E-state index contributed by atoms with van der Waals surface area (Å²) < 4.78 is 10.2. The number of nitrogens with one attached hydrogen (secondary N) is 1. The van der Waals surface area contributed by atoms with Crippen molar-refractivity contribution in [1.29, 1.82) is 0 Å². The molecule has 1 N–H and O–H groups in total. The van der Waals surface area contributed by atoms with Gasteiger partial charge in [0.1, 0.15) is 5.03 Å². The number of piperidine rings is 1. The van der Waals surface area contributed by atoms with Crippen LogP contribution in [0, 0.1) is 0 Å². The van der Waals surface area contributed by atoms with Gasteiger partial charge >= 0.3 is 0 Å². The molecule has 1 unspecified atom stereocenters. The second-order valence-corrected chi connectivity index (χ2v) is 6.74. The topological polar surface area (TPSA) is 94.6 Å². The monoisotopic (exact) mass is 366 g/mol. The van der Waals surface area contributed by atoms with Gasteiger partial charge in [0, 0.05) is 38.3 Å². The number of aromatic nitrogens is 1. The van der Waals surface area contributed by atoms with Gasteiger partial charge in [-0.2, -0.15) is 0 Å². The molecule has 0 aliphatic carbocycles. The van der Waals surface area contributed by atoms with Crippen molar-refractivity contribution in [3.63, 3.8) is 0 Å². The third-order valence-corrected chi connectivity index (χ3v) is 4.92. The number of rotatable bonds is 10. The van der Waals surface area contributed by atoms with Crippen molar-refractivity contribution in [2.75, 3.05) is 26.9 Å². The lowest BCUT2D eigenvalue weighted by Crippen LogP contribution is -2.42. The molecule has 1 aliphatic heterocycles. The lowest BCUT2D eigenvalue weighted by Gasteiger charge is -2.20. The summed E-state index contributed by atoms with van der Waals surface area (Å²) in [6.45, 7) is 1.53. The second kappa shape index (κ2) is 10.3. The summed E-state index contributed by atoms with van der Waals surface area (Å²) in [5.41, 5.74) is 0.508. The molecule has 1 aliphatic rings. The molecule has 1 saturated heterocycles. The molecule has 1 aromatic rings. The number of ether oxygens (including phenoxy) is 2. The Hall–Kier alpha value is -1.77. The quantitative estimate of drug-likeness (QED) is 0.382. The molecule has 1 fully saturated rings. The van der Waals surface area contributed by atoms with Crippen LogP contribution in [0.2, 0.25) is 0 Å². The molecule has 0 saturated carbocycles. The van der Waals surface area contributed by atoms with Crippen LogP contribution >= 0.6 is 11.8 Å². The standard InChI is InChI=1S/C17H22N2O5S/c1-23-10-11-24-9-3-5-13(20)12-4-2-8-18-17(12)25-14-6-7-15(21)19-16(14)22/h2,4,8,14H,3,5-7,9-11H2,1H3,(H,19,21,22). The maximum atomic E-state index is 12.4. The highest BCUT2D eigenvalue weighted by Gasteiger charge is 2.29. The molecule has 0 aromatic carbocycles. The predicted octanol–water partition coefficient (Wildman–Crippen LogP) is 1.60. The zero-order chi connectivity index (χ0) is 18.1. The fourth-order valence-electron chi connectivity index (χ4n) is 2.33. The molecule has 2 amide bonds. The van der Waals surface area contributed by atoms with Gasteiger partial charge in [0.2, 0.25) is 11.8 Å². The summed E-state index contributed by atoms with van der Waals surface area (Å²) in [7, 11) is 1.61. The van der Waals surface area contributed by atoms with E-state index in [1.165, 1.54) is 11.8 Å². The molecule has 2 rings (SSSR count). The van der Waals surface area contributed by atoms with Crippen LogP contribution in [0.5, 0.6) is 0 Å². The van der Waals surface area contributed by atoms with E-state index in [0.717, 1.165) is 0 Å². The smallest absolute Gasteiger partial charge is 0.240 e. The third kappa shape index (κ3) is 6.22. The molecule has 1 aromatic heterocycles. The number of imide groups is 1. The molecular weight excluding hydrogens is 344 g/mol. The minimum atomic E-state index is -0.406. The van der Waals surface area contributed by atoms with E-state index in [9.17, 15) is 14.4 Å². The number of carbonyl (C=O) groups is 3. The van der Waals surface area contributed by atoms with Crippen LogP contribution in [-0.4, -0.2) is 54.8 Å². The van der Waals surface area contributed by atoms with E-state index >= 15 is 0 Å². The molecule has 7 nitrogen and oxygen atoms in total. The van der Waals surface area contributed by atoms with Crippen molar-refractivity contribution in [2.24, 2.45) is 0 Å². The fraction of sp³-hybridized carbons (Fsp3) is 0.529. The highest BCUT2D eigenvalue weighted by molar-refractivity contribution is 8.00. The van der Waals surface area contributed by atoms with Crippen molar-refractivity contribution >= 4 is 29.4 Å². The highest BCUT2D eigenvalue weighted by atomic mass is 32.2. The van der Waals surface area contributed by atoms with Crippen LogP contribution in [0.1, 0.15) is 36.0 Å². The van der Waals surface area contributed by atoms with Crippen molar-refractivity contribution < 1.29 is 23.9 Å². The van der Waals surface area contributed by atoms with Gasteiger partial charge in [-0.3, -0.25) is 19.7 Å². The van der Waals surface area contributed by atoms with E-state index in [4.69, 9.17) is 9.47 Å². The number of hydrogen-bond acceptors (Lipinski definition) is 7. The Morgan fingerprint density at radius 1 is 1.36 bits per heavy atom. The summed E-state index contributed by atoms with van der Waals surface area (Å²) in [4.78, 5) is 39.8. The number of pyridine rings is 1.